The molecule has 0 aliphatic heterocycles. The van der Waals surface area contributed by atoms with Crippen molar-refractivity contribution in [2.75, 3.05) is 0 Å². The molecule has 0 unspecified atom stereocenters. The molecule has 0 amide bonds. The Morgan fingerprint density at radius 2 is 1.59 bits per heavy atom. The van der Waals surface area contributed by atoms with Crippen molar-refractivity contribution < 1.29 is 31.1 Å². The van der Waals surface area contributed by atoms with Gasteiger partial charge in [0.15, 0.2) is 0 Å². The Kier molecular flexibility index (Phi) is 2.28. The third-order valence-electron chi connectivity index (χ3n) is 2.58. The minimum absolute atomic E-state index is 0.556. The Labute approximate surface area is 91.0 Å². The zero-order valence-corrected chi connectivity index (χ0v) is 7.99. The van der Waals surface area contributed by atoms with Crippen LogP contribution in [0.1, 0.15) is 27.9 Å². The predicted molar refractivity (Wildman–Crippen MR) is 44.6 cm³/mol. The van der Waals surface area contributed by atoms with E-state index in [0.29, 0.717) is 12.1 Å². The van der Waals surface area contributed by atoms with Crippen LogP contribution < -0.4 is 0 Å². The molecule has 0 saturated heterocycles. The summed E-state index contributed by atoms with van der Waals surface area (Å²) in [5.41, 5.74) is -3.70. The summed E-state index contributed by atoms with van der Waals surface area (Å²) in [6.07, 6.45) is -3.27. The number of rotatable bonds is 1. The zero-order valence-electron chi connectivity index (χ0n) is 7.99. The first-order valence-electron chi connectivity index (χ1n) is 4.43. The number of hydrogen-bond donors (Lipinski definition) is 0. The number of benzene rings is 1. The topological polar surface area (TPSA) is 17.1 Å². The minimum atomic E-state index is -4.97. The first-order valence-corrected chi connectivity index (χ1v) is 4.43. The predicted octanol–water partition coefficient (Wildman–Crippen LogP) is 3.55. The Morgan fingerprint density at radius 3 is 2.12 bits per heavy atom. The molecule has 2 rings (SSSR count). The van der Waals surface area contributed by atoms with Gasteiger partial charge in [0, 0.05) is 16.7 Å². The second-order valence-electron chi connectivity index (χ2n) is 3.55. The molecule has 0 aromatic heterocycles. The number of Topliss-reactive ketones (excluding diaryl/α,β-unsaturated/α-hetero) is 1. The van der Waals surface area contributed by atoms with Crippen molar-refractivity contribution in [3.63, 3.8) is 0 Å². The fourth-order valence-electron chi connectivity index (χ4n) is 1.74. The van der Waals surface area contributed by atoms with Crippen molar-refractivity contribution in [3.8, 4) is 0 Å². The molecule has 1 aliphatic carbocycles. The molecule has 0 spiro atoms. The van der Waals surface area contributed by atoms with E-state index in [1.165, 1.54) is 0 Å². The maximum Gasteiger partial charge on any atom is 0.376 e. The van der Waals surface area contributed by atoms with E-state index < -0.39 is 40.7 Å². The van der Waals surface area contributed by atoms with Gasteiger partial charge in [-0.05, 0) is 0 Å². The van der Waals surface area contributed by atoms with Crippen LogP contribution in [0, 0.1) is 0 Å². The highest BCUT2D eigenvalue weighted by Gasteiger charge is 2.69. The van der Waals surface area contributed by atoms with Gasteiger partial charge in [0.25, 0.3) is 6.43 Å². The smallest absolute Gasteiger partial charge is 0.287 e. The van der Waals surface area contributed by atoms with Gasteiger partial charge in [-0.2, -0.15) is 17.6 Å². The maximum atomic E-state index is 13.2. The van der Waals surface area contributed by atoms with Crippen molar-refractivity contribution in [1.29, 1.82) is 0 Å². The third kappa shape index (κ3) is 1.31. The highest BCUT2D eigenvalue weighted by atomic mass is 19.3. The van der Waals surface area contributed by atoms with Gasteiger partial charge in [0.05, 0.1) is 0 Å². The van der Waals surface area contributed by atoms with Crippen molar-refractivity contribution >= 4 is 5.78 Å². The van der Waals surface area contributed by atoms with Crippen LogP contribution in [0.25, 0.3) is 0 Å². The quantitative estimate of drug-likeness (QED) is 0.700. The van der Waals surface area contributed by atoms with Crippen LogP contribution in [-0.2, 0) is 5.92 Å². The second-order valence-corrected chi connectivity index (χ2v) is 3.55. The lowest BCUT2D eigenvalue weighted by Gasteiger charge is -2.16. The van der Waals surface area contributed by atoms with E-state index >= 15 is 0 Å². The molecule has 0 saturated carbocycles. The Balaban J connectivity index is 2.77. The molecule has 7 heteroatoms. The van der Waals surface area contributed by atoms with Gasteiger partial charge in [-0.1, -0.05) is 18.2 Å². The average molecular weight is 254 g/mol. The van der Waals surface area contributed by atoms with E-state index in [9.17, 15) is 31.1 Å². The van der Waals surface area contributed by atoms with Gasteiger partial charge in [0.2, 0.25) is 5.78 Å². The molecule has 0 radical (unpaired) electrons. The van der Waals surface area contributed by atoms with Crippen LogP contribution >= 0.6 is 0 Å². The summed E-state index contributed by atoms with van der Waals surface area (Å²) >= 11 is 0. The molecule has 1 aliphatic rings. The van der Waals surface area contributed by atoms with Crippen LogP contribution in [0.3, 0.4) is 0 Å². The van der Waals surface area contributed by atoms with Crippen LogP contribution in [-0.4, -0.2) is 11.7 Å². The molecule has 17 heavy (non-hydrogen) atoms. The van der Waals surface area contributed by atoms with Gasteiger partial charge >= 0.3 is 11.8 Å². The first kappa shape index (κ1) is 11.9. The minimum Gasteiger partial charge on any atom is -0.287 e. The molecule has 0 N–H and O–H groups in total. The van der Waals surface area contributed by atoms with E-state index in [1.54, 1.807) is 0 Å². The largest absolute Gasteiger partial charge is 0.376 e. The summed E-state index contributed by atoms with van der Waals surface area (Å²) in [6, 6.07) is 2.03. The van der Waals surface area contributed by atoms with Crippen molar-refractivity contribution in [1.82, 2.24) is 0 Å². The van der Waals surface area contributed by atoms with E-state index in [1.807, 2.05) is 0 Å². The molecule has 92 valence electrons. The van der Waals surface area contributed by atoms with Crippen LogP contribution in [0.5, 0.6) is 0 Å². The fraction of sp³-hybridized carbons (Fsp3) is 0.300. The normalized spacial score (nSPS) is 20.8. The second kappa shape index (κ2) is 3.24. The lowest BCUT2D eigenvalue weighted by Crippen LogP contribution is -2.38. The zero-order chi connectivity index (χ0) is 13.0. The highest BCUT2D eigenvalue weighted by molar-refractivity contribution is 6.08. The van der Waals surface area contributed by atoms with Crippen LogP contribution in [0.4, 0.5) is 26.3 Å². The average Bonchev–Trinajstić information content (AvgIpc) is 2.38. The highest BCUT2D eigenvalue weighted by Crippen LogP contribution is 2.53. The van der Waals surface area contributed by atoms with E-state index in [2.05, 4.69) is 0 Å². The van der Waals surface area contributed by atoms with E-state index in [-0.39, 0.29) is 0 Å². The van der Waals surface area contributed by atoms with Gasteiger partial charge in [-0.3, -0.25) is 4.79 Å². The lowest BCUT2D eigenvalue weighted by atomic mass is 10.0. The Bertz CT molecular complexity index is 494. The van der Waals surface area contributed by atoms with Crippen molar-refractivity contribution in [3.05, 3.63) is 34.9 Å². The van der Waals surface area contributed by atoms with Crippen molar-refractivity contribution in [2.24, 2.45) is 0 Å². The molecule has 0 heterocycles. The van der Waals surface area contributed by atoms with Crippen molar-refractivity contribution in [2.45, 2.75) is 18.3 Å². The fourth-order valence-corrected chi connectivity index (χ4v) is 1.74. The molecular weight excluding hydrogens is 250 g/mol. The van der Waals surface area contributed by atoms with E-state index in [4.69, 9.17) is 0 Å². The molecule has 1 aromatic rings. The third-order valence-corrected chi connectivity index (χ3v) is 2.58. The first-order chi connectivity index (χ1) is 7.71. The molecule has 0 bridgehead atoms. The number of hydrogen-bond acceptors (Lipinski definition) is 1. The SMILES string of the molecule is O=C1c2c(C(F)F)cccc2C(F)(F)C1(F)F. The Morgan fingerprint density at radius 1 is 1.00 bits per heavy atom. The van der Waals surface area contributed by atoms with Gasteiger partial charge in [0.1, 0.15) is 0 Å². The monoisotopic (exact) mass is 254 g/mol. The standard InChI is InChI=1S/C10H4F6O/c11-8(12)4-2-1-3-5-6(4)7(17)10(15,16)9(5,13)14/h1-3,8H. The summed E-state index contributed by atoms with van der Waals surface area (Å²) in [6.45, 7) is 0. The summed E-state index contributed by atoms with van der Waals surface area (Å²) < 4.78 is 77.3. The number of fused-ring (bicyclic) bond motifs is 1. The number of carbonyl (C=O) groups excluding carboxylic acids is 1. The van der Waals surface area contributed by atoms with Gasteiger partial charge < -0.3 is 0 Å². The van der Waals surface area contributed by atoms with Crippen LogP contribution in [0.2, 0.25) is 0 Å². The summed E-state index contributed by atoms with van der Waals surface area (Å²) in [4.78, 5) is 11.1. The Hall–Kier alpha value is -1.53. The van der Waals surface area contributed by atoms with Gasteiger partial charge in [-0.25, -0.2) is 8.78 Å². The van der Waals surface area contributed by atoms with Gasteiger partial charge in [-0.15, -0.1) is 0 Å². The number of halogens is 6. The number of ketones is 1. The molecule has 1 aromatic carbocycles. The summed E-state index contributed by atoms with van der Waals surface area (Å²) in [5, 5.41) is 0. The number of alkyl halides is 6. The molecule has 1 nitrogen and oxygen atoms in total. The summed E-state index contributed by atoms with van der Waals surface area (Å²) in [5.74, 6) is -12.0. The maximum absolute atomic E-state index is 13.2. The molecular formula is C10H4F6O. The molecule has 0 atom stereocenters. The summed E-state index contributed by atoms with van der Waals surface area (Å²) in [7, 11) is 0. The lowest BCUT2D eigenvalue weighted by molar-refractivity contribution is -0.176. The number of carbonyl (C=O) groups is 1. The van der Waals surface area contributed by atoms with Crippen LogP contribution in [0.15, 0.2) is 18.2 Å². The molecule has 0 fully saturated rings. The van der Waals surface area contributed by atoms with E-state index in [0.717, 1.165) is 6.07 Å².